The van der Waals surface area contributed by atoms with Crippen LogP contribution < -0.4 is 10.1 Å². The second-order valence-electron chi connectivity index (χ2n) is 6.54. The Morgan fingerprint density at radius 3 is 2.48 bits per heavy atom. The number of nitrogens with zero attached hydrogens (tertiary/aromatic N) is 1. The highest BCUT2D eigenvalue weighted by atomic mass is 19.4. The van der Waals surface area contributed by atoms with Crippen LogP contribution in [-0.4, -0.2) is 30.5 Å². The second-order valence-corrected chi connectivity index (χ2v) is 6.54. The zero-order valence-electron chi connectivity index (χ0n) is 14.9. The number of carbonyl (C=O) groups is 1. The number of rotatable bonds is 7. The molecule has 0 unspecified atom stereocenters. The lowest BCUT2D eigenvalue weighted by atomic mass is 10.1. The molecule has 1 fully saturated rings. The first-order valence-corrected chi connectivity index (χ1v) is 8.70. The van der Waals surface area contributed by atoms with Gasteiger partial charge in [-0.15, -0.1) is 0 Å². The number of halogens is 3. The van der Waals surface area contributed by atoms with Crippen LogP contribution in [-0.2, 0) is 17.5 Å². The molecule has 1 saturated carbocycles. The Balaban J connectivity index is 1.70. The highest BCUT2D eigenvalue weighted by Gasteiger charge is 2.34. The van der Waals surface area contributed by atoms with Gasteiger partial charge in [0.25, 0.3) is 0 Å². The standard InChI is InChI=1S/C20H21F3N2O2/c1-27-18-9-5-2-6-14(18)12-25(15-10-11-15)13-19(26)24-17-8-4-3-7-16(17)20(21,22)23/h2-9,15H,10-13H2,1H3,(H,24,26). The number of ether oxygens (including phenoxy) is 1. The number of carbonyl (C=O) groups excluding carboxylic acids is 1. The number of hydrogen-bond donors (Lipinski definition) is 1. The van der Waals surface area contributed by atoms with Crippen molar-refractivity contribution < 1.29 is 22.7 Å². The molecule has 0 saturated heterocycles. The van der Waals surface area contributed by atoms with E-state index in [1.54, 1.807) is 7.11 Å². The van der Waals surface area contributed by atoms with E-state index in [-0.39, 0.29) is 18.3 Å². The third-order valence-electron chi connectivity index (χ3n) is 4.48. The van der Waals surface area contributed by atoms with Crippen molar-refractivity contribution in [1.29, 1.82) is 0 Å². The largest absolute Gasteiger partial charge is 0.496 e. The Kier molecular flexibility index (Phi) is 5.70. The molecule has 0 heterocycles. The molecule has 4 nitrogen and oxygen atoms in total. The molecule has 1 aliphatic rings. The monoisotopic (exact) mass is 378 g/mol. The zero-order chi connectivity index (χ0) is 19.4. The Morgan fingerprint density at radius 1 is 1.15 bits per heavy atom. The third-order valence-corrected chi connectivity index (χ3v) is 4.48. The summed E-state index contributed by atoms with van der Waals surface area (Å²) in [5, 5.41) is 2.41. The van der Waals surface area contributed by atoms with Crippen molar-refractivity contribution in [3.05, 3.63) is 59.7 Å². The van der Waals surface area contributed by atoms with Gasteiger partial charge in [-0.2, -0.15) is 13.2 Å². The van der Waals surface area contributed by atoms with Gasteiger partial charge in [0.1, 0.15) is 5.75 Å². The van der Waals surface area contributed by atoms with Gasteiger partial charge < -0.3 is 10.1 Å². The highest BCUT2D eigenvalue weighted by molar-refractivity contribution is 5.93. The molecule has 144 valence electrons. The topological polar surface area (TPSA) is 41.6 Å². The molecule has 1 N–H and O–H groups in total. The van der Waals surface area contributed by atoms with Crippen LogP contribution in [0.2, 0.25) is 0 Å². The fraction of sp³-hybridized carbons (Fsp3) is 0.350. The molecule has 0 atom stereocenters. The average molecular weight is 378 g/mol. The quantitative estimate of drug-likeness (QED) is 0.780. The summed E-state index contributed by atoms with van der Waals surface area (Å²) in [6.45, 7) is 0.526. The molecule has 1 aliphatic carbocycles. The summed E-state index contributed by atoms with van der Waals surface area (Å²) >= 11 is 0. The Labute approximate surface area is 155 Å². The molecule has 27 heavy (non-hydrogen) atoms. The molecule has 0 aromatic heterocycles. The van der Waals surface area contributed by atoms with Gasteiger partial charge in [-0.05, 0) is 31.0 Å². The first-order valence-electron chi connectivity index (χ1n) is 8.70. The van der Waals surface area contributed by atoms with Gasteiger partial charge in [0.2, 0.25) is 5.91 Å². The Bertz CT molecular complexity index is 804. The second kappa shape index (κ2) is 8.00. The van der Waals surface area contributed by atoms with Crippen molar-refractivity contribution in [2.24, 2.45) is 0 Å². The molecular weight excluding hydrogens is 357 g/mol. The summed E-state index contributed by atoms with van der Waals surface area (Å²) in [6, 6.07) is 12.8. The van der Waals surface area contributed by atoms with E-state index >= 15 is 0 Å². The first kappa shape index (κ1) is 19.2. The molecule has 2 aromatic rings. The Morgan fingerprint density at radius 2 is 1.81 bits per heavy atom. The smallest absolute Gasteiger partial charge is 0.418 e. The van der Waals surface area contributed by atoms with Gasteiger partial charge in [0.05, 0.1) is 24.9 Å². The molecule has 0 spiro atoms. The predicted molar refractivity (Wildman–Crippen MR) is 96.5 cm³/mol. The fourth-order valence-electron chi connectivity index (χ4n) is 3.02. The van der Waals surface area contributed by atoms with Crippen LogP contribution in [0.4, 0.5) is 18.9 Å². The lowest BCUT2D eigenvalue weighted by Gasteiger charge is -2.23. The lowest BCUT2D eigenvalue weighted by molar-refractivity contribution is -0.137. The van der Waals surface area contributed by atoms with E-state index in [0.717, 1.165) is 30.2 Å². The van der Waals surface area contributed by atoms with Gasteiger partial charge in [0, 0.05) is 18.2 Å². The van der Waals surface area contributed by atoms with Crippen LogP contribution in [0.15, 0.2) is 48.5 Å². The van der Waals surface area contributed by atoms with Crippen molar-refractivity contribution in [3.63, 3.8) is 0 Å². The molecule has 0 aliphatic heterocycles. The minimum absolute atomic E-state index is 0.0227. The van der Waals surface area contributed by atoms with Gasteiger partial charge in [0.15, 0.2) is 0 Å². The van der Waals surface area contributed by atoms with Gasteiger partial charge in [-0.25, -0.2) is 0 Å². The van der Waals surface area contributed by atoms with Crippen LogP contribution in [0.1, 0.15) is 24.0 Å². The van der Waals surface area contributed by atoms with E-state index in [0.29, 0.717) is 6.54 Å². The van der Waals surface area contributed by atoms with Crippen molar-refractivity contribution in [2.45, 2.75) is 31.6 Å². The maximum Gasteiger partial charge on any atom is 0.418 e. The SMILES string of the molecule is COc1ccccc1CN(CC(=O)Nc1ccccc1C(F)(F)F)C1CC1. The van der Waals surface area contributed by atoms with E-state index in [1.807, 2.05) is 29.2 Å². The molecule has 3 rings (SSSR count). The minimum Gasteiger partial charge on any atom is -0.496 e. The summed E-state index contributed by atoms with van der Waals surface area (Å²) in [7, 11) is 1.58. The van der Waals surface area contributed by atoms with Crippen molar-refractivity contribution in [3.8, 4) is 5.75 Å². The number of anilines is 1. The van der Waals surface area contributed by atoms with Crippen LogP contribution in [0.3, 0.4) is 0 Å². The minimum atomic E-state index is -4.52. The summed E-state index contributed by atoms with van der Waals surface area (Å²) in [5.41, 5.74) is -0.125. The van der Waals surface area contributed by atoms with E-state index in [9.17, 15) is 18.0 Å². The summed E-state index contributed by atoms with van der Waals surface area (Å²) < 4.78 is 44.6. The Hall–Kier alpha value is -2.54. The molecule has 0 radical (unpaired) electrons. The summed E-state index contributed by atoms with van der Waals surface area (Å²) in [4.78, 5) is 14.4. The van der Waals surface area contributed by atoms with Crippen molar-refractivity contribution in [1.82, 2.24) is 4.90 Å². The summed E-state index contributed by atoms with van der Waals surface area (Å²) in [6.07, 6.45) is -2.57. The molecule has 2 aromatic carbocycles. The van der Waals surface area contributed by atoms with Gasteiger partial charge in [-0.3, -0.25) is 9.69 Å². The van der Waals surface area contributed by atoms with Crippen molar-refractivity contribution >= 4 is 11.6 Å². The third kappa shape index (κ3) is 5.01. The van der Waals surface area contributed by atoms with Crippen LogP contribution in [0, 0.1) is 0 Å². The highest BCUT2D eigenvalue weighted by Crippen LogP contribution is 2.35. The number of alkyl halides is 3. The first-order chi connectivity index (χ1) is 12.9. The maximum absolute atomic E-state index is 13.1. The average Bonchev–Trinajstić information content (AvgIpc) is 3.46. The van der Waals surface area contributed by atoms with Gasteiger partial charge >= 0.3 is 6.18 Å². The fourth-order valence-corrected chi connectivity index (χ4v) is 3.02. The van der Waals surface area contributed by atoms with E-state index in [1.165, 1.54) is 18.2 Å². The number of methoxy groups -OCH3 is 1. The molecule has 1 amide bonds. The zero-order valence-corrected chi connectivity index (χ0v) is 14.9. The number of benzene rings is 2. The number of para-hydroxylation sites is 2. The maximum atomic E-state index is 13.1. The van der Waals surface area contributed by atoms with Crippen LogP contribution >= 0.6 is 0 Å². The molecule has 0 bridgehead atoms. The van der Waals surface area contributed by atoms with E-state index in [2.05, 4.69) is 5.32 Å². The van der Waals surface area contributed by atoms with Crippen LogP contribution in [0.5, 0.6) is 5.75 Å². The number of hydrogen-bond acceptors (Lipinski definition) is 3. The molecular formula is C20H21F3N2O2. The normalized spacial score (nSPS) is 14.3. The number of nitrogens with one attached hydrogen (secondary N) is 1. The lowest BCUT2D eigenvalue weighted by Crippen LogP contribution is -2.35. The van der Waals surface area contributed by atoms with E-state index < -0.39 is 17.6 Å². The summed E-state index contributed by atoms with van der Waals surface area (Å²) in [5.74, 6) is 0.263. The van der Waals surface area contributed by atoms with Crippen molar-refractivity contribution in [2.75, 3.05) is 19.0 Å². The number of amides is 1. The van der Waals surface area contributed by atoms with E-state index in [4.69, 9.17) is 4.74 Å². The van der Waals surface area contributed by atoms with Crippen LogP contribution in [0.25, 0.3) is 0 Å². The predicted octanol–water partition coefficient (Wildman–Crippen LogP) is 4.32. The molecule has 7 heteroatoms. The van der Waals surface area contributed by atoms with Gasteiger partial charge in [-0.1, -0.05) is 30.3 Å².